The Kier molecular flexibility index (Phi) is 3.66. The Balaban J connectivity index is 2.01. The number of amides is 2. The molecule has 5 heteroatoms. The first-order valence-electron chi connectivity index (χ1n) is 6.42. The van der Waals surface area contributed by atoms with E-state index in [1.165, 1.54) is 0 Å². The fraction of sp³-hybridized carbons (Fsp3) is 0.833. The Hall–Kier alpha value is -1.10. The average Bonchev–Trinajstić information content (AvgIpc) is 2.77. The summed E-state index contributed by atoms with van der Waals surface area (Å²) in [6.45, 7) is 3.71. The molecule has 3 unspecified atom stereocenters. The SMILES string of the molecule is CC1CCNC(C(=O)N2CCCC2C(N)=O)C1. The summed E-state index contributed by atoms with van der Waals surface area (Å²) in [5, 5.41) is 3.24. The zero-order valence-electron chi connectivity index (χ0n) is 10.3. The fourth-order valence-electron chi connectivity index (χ4n) is 2.82. The third-order valence-electron chi connectivity index (χ3n) is 3.83. The number of piperidine rings is 1. The van der Waals surface area contributed by atoms with Crippen molar-refractivity contribution in [2.45, 2.75) is 44.7 Å². The molecule has 0 aromatic carbocycles. The van der Waals surface area contributed by atoms with Crippen molar-refractivity contribution in [2.75, 3.05) is 13.1 Å². The number of nitrogens with zero attached hydrogens (tertiary/aromatic N) is 1. The van der Waals surface area contributed by atoms with E-state index in [2.05, 4.69) is 12.2 Å². The monoisotopic (exact) mass is 239 g/mol. The summed E-state index contributed by atoms with van der Waals surface area (Å²) < 4.78 is 0. The lowest BCUT2D eigenvalue weighted by Crippen LogP contribution is -2.53. The Morgan fingerprint density at radius 3 is 2.76 bits per heavy atom. The zero-order valence-corrected chi connectivity index (χ0v) is 10.3. The maximum Gasteiger partial charge on any atom is 0.240 e. The third-order valence-corrected chi connectivity index (χ3v) is 3.83. The van der Waals surface area contributed by atoms with Crippen LogP contribution in [0.1, 0.15) is 32.6 Å². The van der Waals surface area contributed by atoms with Gasteiger partial charge in [-0.25, -0.2) is 0 Å². The average molecular weight is 239 g/mol. The first-order chi connectivity index (χ1) is 8.09. The third kappa shape index (κ3) is 2.60. The maximum atomic E-state index is 12.3. The van der Waals surface area contributed by atoms with Crippen LogP contribution in [0.15, 0.2) is 0 Å². The smallest absolute Gasteiger partial charge is 0.240 e. The number of nitrogens with one attached hydrogen (secondary N) is 1. The molecule has 0 radical (unpaired) electrons. The molecule has 3 N–H and O–H groups in total. The normalized spacial score (nSPS) is 33.7. The van der Waals surface area contributed by atoms with Crippen molar-refractivity contribution in [3.8, 4) is 0 Å². The van der Waals surface area contributed by atoms with E-state index in [1.807, 2.05) is 0 Å². The summed E-state index contributed by atoms with van der Waals surface area (Å²) >= 11 is 0. The number of carbonyl (C=O) groups excluding carboxylic acids is 2. The first kappa shape index (κ1) is 12.4. The number of carbonyl (C=O) groups is 2. The summed E-state index contributed by atoms with van der Waals surface area (Å²) in [7, 11) is 0. The Morgan fingerprint density at radius 2 is 2.12 bits per heavy atom. The molecule has 2 saturated heterocycles. The number of nitrogens with two attached hydrogens (primary N) is 1. The molecule has 2 rings (SSSR count). The minimum absolute atomic E-state index is 0.0536. The molecule has 17 heavy (non-hydrogen) atoms. The lowest BCUT2D eigenvalue weighted by Gasteiger charge is -2.32. The summed E-state index contributed by atoms with van der Waals surface area (Å²) in [5.41, 5.74) is 5.33. The van der Waals surface area contributed by atoms with Crippen LogP contribution in [0.4, 0.5) is 0 Å². The van der Waals surface area contributed by atoms with E-state index >= 15 is 0 Å². The summed E-state index contributed by atoms with van der Waals surface area (Å²) in [4.78, 5) is 25.3. The number of hydrogen-bond donors (Lipinski definition) is 2. The van der Waals surface area contributed by atoms with Gasteiger partial charge in [0.25, 0.3) is 0 Å². The van der Waals surface area contributed by atoms with Crippen LogP contribution in [0.3, 0.4) is 0 Å². The predicted molar refractivity (Wildman–Crippen MR) is 64.1 cm³/mol. The van der Waals surface area contributed by atoms with E-state index in [-0.39, 0.29) is 23.9 Å². The second-order valence-electron chi connectivity index (χ2n) is 5.23. The lowest BCUT2D eigenvalue weighted by molar-refractivity contribution is -0.139. The highest BCUT2D eigenvalue weighted by atomic mass is 16.2. The van der Waals surface area contributed by atoms with Crippen molar-refractivity contribution in [2.24, 2.45) is 11.7 Å². The largest absolute Gasteiger partial charge is 0.368 e. The molecule has 0 saturated carbocycles. The van der Waals surface area contributed by atoms with Gasteiger partial charge < -0.3 is 16.0 Å². The highest BCUT2D eigenvalue weighted by molar-refractivity contribution is 5.89. The Morgan fingerprint density at radius 1 is 1.35 bits per heavy atom. The van der Waals surface area contributed by atoms with Crippen LogP contribution in [-0.2, 0) is 9.59 Å². The van der Waals surface area contributed by atoms with Crippen LogP contribution in [0.5, 0.6) is 0 Å². The van der Waals surface area contributed by atoms with Crippen molar-refractivity contribution in [3.05, 3.63) is 0 Å². The Labute approximate surface area is 102 Å². The van der Waals surface area contributed by atoms with Crippen LogP contribution < -0.4 is 11.1 Å². The molecular weight excluding hydrogens is 218 g/mol. The van der Waals surface area contributed by atoms with Gasteiger partial charge in [-0.3, -0.25) is 9.59 Å². The molecule has 2 aliphatic heterocycles. The lowest BCUT2D eigenvalue weighted by atomic mass is 9.93. The van der Waals surface area contributed by atoms with E-state index in [0.29, 0.717) is 18.9 Å². The second kappa shape index (κ2) is 5.04. The van der Waals surface area contributed by atoms with Crippen LogP contribution >= 0.6 is 0 Å². The fourth-order valence-corrected chi connectivity index (χ4v) is 2.82. The molecule has 0 aromatic rings. The van der Waals surface area contributed by atoms with Crippen LogP contribution in [0.25, 0.3) is 0 Å². The van der Waals surface area contributed by atoms with Gasteiger partial charge in [-0.05, 0) is 38.1 Å². The van der Waals surface area contributed by atoms with Gasteiger partial charge in [-0.1, -0.05) is 6.92 Å². The van der Waals surface area contributed by atoms with Crippen LogP contribution in [-0.4, -0.2) is 41.9 Å². The number of hydrogen-bond acceptors (Lipinski definition) is 3. The molecule has 2 aliphatic rings. The van der Waals surface area contributed by atoms with Gasteiger partial charge in [0, 0.05) is 6.54 Å². The van der Waals surface area contributed by atoms with Gasteiger partial charge in [0.1, 0.15) is 6.04 Å². The molecule has 0 aliphatic carbocycles. The highest BCUT2D eigenvalue weighted by Gasteiger charge is 2.37. The molecule has 5 nitrogen and oxygen atoms in total. The molecule has 0 bridgehead atoms. The zero-order chi connectivity index (χ0) is 12.4. The van der Waals surface area contributed by atoms with Gasteiger partial charge in [-0.15, -0.1) is 0 Å². The van der Waals surface area contributed by atoms with Crippen LogP contribution in [0.2, 0.25) is 0 Å². The molecule has 0 spiro atoms. The summed E-state index contributed by atoms with van der Waals surface area (Å²) in [6.07, 6.45) is 3.56. The quantitative estimate of drug-likeness (QED) is 0.703. The van der Waals surface area contributed by atoms with Crippen molar-refractivity contribution < 1.29 is 9.59 Å². The standard InChI is InChI=1S/C12H21N3O2/c1-8-4-5-14-9(7-8)12(17)15-6-2-3-10(15)11(13)16/h8-10,14H,2-7H2,1H3,(H2,13,16). The summed E-state index contributed by atoms with van der Waals surface area (Å²) in [5.74, 6) is 0.248. The van der Waals surface area contributed by atoms with Gasteiger partial charge in [0.15, 0.2) is 0 Å². The molecule has 2 fully saturated rings. The van der Waals surface area contributed by atoms with E-state index < -0.39 is 0 Å². The summed E-state index contributed by atoms with van der Waals surface area (Å²) in [6, 6.07) is -0.514. The number of likely N-dealkylation sites (tertiary alicyclic amines) is 1. The van der Waals surface area contributed by atoms with E-state index in [9.17, 15) is 9.59 Å². The topological polar surface area (TPSA) is 75.4 Å². The predicted octanol–water partition coefficient (Wildman–Crippen LogP) is -0.149. The van der Waals surface area contributed by atoms with Gasteiger partial charge in [0.2, 0.25) is 11.8 Å². The molecule has 0 aromatic heterocycles. The Bertz CT molecular complexity index is 319. The second-order valence-corrected chi connectivity index (χ2v) is 5.23. The van der Waals surface area contributed by atoms with E-state index in [1.54, 1.807) is 4.90 Å². The first-order valence-corrected chi connectivity index (χ1v) is 6.42. The molecule has 2 heterocycles. The van der Waals surface area contributed by atoms with Gasteiger partial charge >= 0.3 is 0 Å². The number of primary amides is 1. The highest BCUT2D eigenvalue weighted by Crippen LogP contribution is 2.22. The van der Waals surface area contributed by atoms with Crippen LogP contribution in [0, 0.1) is 5.92 Å². The maximum absolute atomic E-state index is 12.3. The molecular formula is C12H21N3O2. The molecule has 2 amide bonds. The van der Waals surface area contributed by atoms with E-state index in [0.717, 1.165) is 25.8 Å². The minimum atomic E-state index is -0.387. The van der Waals surface area contributed by atoms with Crippen molar-refractivity contribution in [1.29, 1.82) is 0 Å². The molecule has 96 valence electrons. The van der Waals surface area contributed by atoms with Crippen molar-refractivity contribution >= 4 is 11.8 Å². The van der Waals surface area contributed by atoms with E-state index in [4.69, 9.17) is 5.73 Å². The van der Waals surface area contributed by atoms with Crippen molar-refractivity contribution in [3.63, 3.8) is 0 Å². The molecule has 3 atom stereocenters. The van der Waals surface area contributed by atoms with Crippen molar-refractivity contribution in [1.82, 2.24) is 10.2 Å². The number of rotatable bonds is 2. The van der Waals surface area contributed by atoms with Gasteiger partial charge in [-0.2, -0.15) is 0 Å². The van der Waals surface area contributed by atoms with Gasteiger partial charge in [0.05, 0.1) is 6.04 Å². The minimum Gasteiger partial charge on any atom is -0.368 e.